The molecule has 0 aromatic carbocycles. The SMILES string of the molecule is CC(C)Cn1ncc(C(=O)NCC2CCCC(O)C2)c1C1CC1. The number of rotatable bonds is 6. The average molecular weight is 319 g/mol. The second kappa shape index (κ2) is 7.04. The Labute approximate surface area is 138 Å². The lowest BCUT2D eigenvalue weighted by atomic mass is 9.87. The number of hydrogen-bond acceptors (Lipinski definition) is 3. The molecule has 1 aromatic heterocycles. The first kappa shape index (κ1) is 16.5. The fraction of sp³-hybridized carbons (Fsp3) is 0.778. The predicted octanol–water partition coefficient (Wildman–Crippen LogP) is 2.70. The summed E-state index contributed by atoms with van der Waals surface area (Å²) >= 11 is 0. The fourth-order valence-electron chi connectivity index (χ4n) is 3.63. The third-order valence-electron chi connectivity index (χ3n) is 4.93. The minimum atomic E-state index is -0.193. The van der Waals surface area contributed by atoms with E-state index in [4.69, 9.17) is 0 Å². The van der Waals surface area contributed by atoms with Gasteiger partial charge < -0.3 is 10.4 Å². The molecule has 5 heteroatoms. The molecule has 2 unspecified atom stereocenters. The highest BCUT2D eigenvalue weighted by molar-refractivity contribution is 5.95. The molecule has 2 fully saturated rings. The van der Waals surface area contributed by atoms with E-state index in [2.05, 4.69) is 24.3 Å². The molecule has 0 aliphatic heterocycles. The van der Waals surface area contributed by atoms with E-state index in [1.807, 2.05) is 4.68 Å². The zero-order chi connectivity index (χ0) is 16.4. The van der Waals surface area contributed by atoms with Gasteiger partial charge in [-0.3, -0.25) is 9.48 Å². The number of hydrogen-bond donors (Lipinski definition) is 2. The van der Waals surface area contributed by atoms with Crippen LogP contribution in [0.5, 0.6) is 0 Å². The van der Waals surface area contributed by atoms with Crippen molar-refractivity contribution in [2.45, 2.75) is 70.9 Å². The Hall–Kier alpha value is -1.36. The highest BCUT2D eigenvalue weighted by Crippen LogP contribution is 2.41. The molecular formula is C18H29N3O2. The molecule has 0 radical (unpaired) electrons. The molecule has 0 spiro atoms. The van der Waals surface area contributed by atoms with Gasteiger partial charge in [-0.05, 0) is 43.9 Å². The zero-order valence-corrected chi connectivity index (χ0v) is 14.3. The van der Waals surface area contributed by atoms with Crippen molar-refractivity contribution in [3.8, 4) is 0 Å². The normalized spacial score (nSPS) is 24.9. The summed E-state index contributed by atoms with van der Waals surface area (Å²) in [5.41, 5.74) is 1.88. The third-order valence-corrected chi connectivity index (χ3v) is 4.93. The van der Waals surface area contributed by atoms with Gasteiger partial charge in [0.1, 0.15) is 0 Å². The highest BCUT2D eigenvalue weighted by Gasteiger charge is 2.32. The molecule has 0 bridgehead atoms. The van der Waals surface area contributed by atoms with E-state index < -0.39 is 0 Å². The molecule has 1 amide bonds. The van der Waals surface area contributed by atoms with Gasteiger partial charge >= 0.3 is 0 Å². The van der Waals surface area contributed by atoms with Gasteiger partial charge in [-0.25, -0.2) is 0 Å². The Morgan fingerprint density at radius 3 is 2.83 bits per heavy atom. The molecule has 1 aromatic rings. The molecular weight excluding hydrogens is 290 g/mol. The van der Waals surface area contributed by atoms with Crippen LogP contribution in [0.3, 0.4) is 0 Å². The predicted molar refractivity (Wildman–Crippen MR) is 89.3 cm³/mol. The summed E-state index contributed by atoms with van der Waals surface area (Å²) in [5, 5.41) is 17.3. The van der Waals surface area contributed by atoms with Gasteiger partial charge in [0.15, 0.2) is 0 Å². The molecule has 2 aliphatic rings. The fourth-order valence-corrected chi connectivity index (χ4v) is 3.63. The van der Waals surface area contributed by atoms with Gasteiger partial charge in [0.25, 0.3) is 5.91 Å². The van der Waals surface area contributed by atoms with Crippen LogP contribution in [0.2, 0.25) is 0 Å². The minimum Gasteiger partial charge on any atom is -0.393 e. The summed E-state index contributed by atoms with van der Waals surface area (Å²) in [6.45, 7) is 5.88. The summed E-state index contributed by atoms with van der Waals surface area (Å²) in [6.07, 6.45) is 7.74. The maximum Gasteiger partial charge on any atom is 0.254 e. The van der Waals surface area contributed by atoms with Crippen molar-refractivity contribution < 1.29 is 9.90 Å². The average Bonchev–Trinajstić information content (AvgIpc) is 3.26. The summed E-state index contributed by atoms with van der Waals surface area (Å²) in [6, 6.07) is 0. The van der Waals surface area contributed by atoms with Crippen molar-refractivity contribution >= 4 is 5.91 Å². The smallest absolute Gasteiger partial charge is 0.254 e. The van der Waals surface area contributed by atoms with Crippen LogP contribution in [-0.2, 0) is 6.54 Å². The maximum absolute atomic E-state index is 12.6. The number of nitrogens with zero attached hydrogens (tertiary/aromatic N) is 2. The molecule has 2 saturated carbocycles. The van der Waals surface area contributed by atoms with E-state index in [-0.39, 0.29) is 12.0 Å². The quantitative estimate of drug-likeness (QED) is 0.847. The van der Waals surface area contributed by atoms with Crippen LogP contribution < -0.4 is 5.32 Å². The Balaban J connectivity index is 1.63. The zero-order valence-electron chi connectivity index (χ0n) is 14.3. The van der Waals surface area contributed by atoms with Gasteiger partial charge in [-0.2, -0.15) is 5.10 Å². The molecule has 2 N–H and O–H groups in total. The lowest BCUT2D eigenvalue weighted by Gasteiger charge is -2.25. The summed E-state index contributed by atoms with van der Waals surface area (Å²) < 4.78 is 2.03. The van der Waals surface area contributed by atoms with E-state index in [1.165, 1.54) is 12.8 Å². The second-order valence-corrected chi connectivity index (χ2v) is 7.69. The highest BCUT2D eigenvalue weighted by atomic mass is 16.3. The Bertz CT molecular complexity index is 548. The first-order valence-electron chi connectivity index (χ1n) is 9.06. The number of aliphatic hydroxyl groups is 1. The van der Waals surface area contributed by atoms with Crippen LogP contribution in [0, 0.1) is 11.8 Å². The Morgan fingerprint density at radius 2 is 2.17 bits per heavy atom. The van der Waals surface area contributed by atoms with Crippen LogP contribution in [0.4, 0.5) is 0 Å². The number of carbonyl (C=O) groups is 1. The molecule has 0 saturated heterocycles. The lowest BCUT2D eigenvalue weighted by molar-refractivity contribution is 0.0873. The molecule has 2 aliphatic carbocycles. The monoisotopic (exact) mass is 319 g/mol. The van der Waals surface area contributed by atoms with Gasteiger partial charge in [-0.1, -0.05) is 20.3 Å². The van der Waals surface area contributed by atoms with Gasteiger partial charge in [0, 0.05) is 19.0 Å². The molecule has 3 rings (SSSR count). The van der Waals surface area contributed by atoms with Crippen molar-refractivity contribution in [1.82, 2.24) is 15.1 Å². The van der Waals surface area contributed by atoms with Gasteiger partial charge in [0.05, 0.1) is 23.6 Å². The van der Waals surface area contributed by atoms with Gasteiger partial charge in [-0.15, -0.1) is 0 Å². The number of carbonyl (C=O) groups excluding carboxylic acids is 1. The van der Waals surface area contributed by atoms with Crippen molar-refractivity contribution in [2.75, 3.05) is 6.54 Å². The summed E-state index contributed by atoms with van der Waals surface area (Å²) in [5.74, 6) is 1.43. The van der Waals surface area contributed by atoms with Crippen LogP contribution in [-0.4, -0.2) is 33.4 Å². The van der Waals surface area contributed by atoms with Crippen molar-refractivity contribution in [3.63, 3.8) is 0 Å². The van der Waals surface area contributed by atoms with E-state index in [0.717, 1.165) is 43.5 Å². The first-order valence-corrected chi connectivity index (χ1v) is 9.06. The maximum atomic E-state index is 12.6. The molecule has 1 heterocycles. The molecule has 128 valence electrons. The largest absolute Gasteiger partial charge is 0.393 e. The van der Waals surface area contributed by atoms with Crippen LogP contribution >= 0.6 is 0 Å². The Kier molecular flexibility index (Phi) is 5.05. The lowest BCUT2D eigenvalue weighted by Crippen LogP contribution is -2.33. The van der Waals surface area contributed by atoms with E-state index in [1.54, 1.807) is 6.20 Å². The van der Waals surface area contributed by atoms with E-state index in [9.17, 15) is 9.90 Å². The molecule has 5 nitrogen and oxygen atoms in total. The van der Waals surface area contributed by atoms with Crippen molar-refractivity contribution in [1.29, 1.82) is 0 Å². The second-order valence-electron chi connectivity index (χ2n) is 7.69. The Morgan fingerprint density at radius 1 is 1.39 bits per heavy atom. The minimum absolute atomic E-state index is 0.00182. The first-order chi connectivity index (χ1) is 11.0. The number of nitrogens with one attached hydrogen (secondary N) is 1. The number of aliphatic hydroxyl groups excluding tert-OH is 1. The van der Waals surface area contributed by atoms with Crippen molar-refractivity contribution in [3.05, 3.63) is 17.5 Å². The summed E-state index contributed by atoms with van der Waals surface area (Å²) in [4.78, 5) is 12.6. The number of amides is 1. The van der Waals surface area contributed by atoms with Crippen LogP contribution in [0.25, 0.3) is 0 Å². The van der Waals surface area contributed by atoms with Gasteiger partial charge in [0.2, 0.25) is 0 Å². The summed E-state index contributed by atoms with van der Waals surface area (Å²) in [7, 11) is 0. The van der Waals surface area contributed by atoms with E-state index >= 15 is 0 Å². The molecule has 2 atom stereocenters. The molecule has 23 heavy (non-hydrogen) atoms. The standard InChI is InChI=1S/C18H29N3O2/c1-12(2)11-21-17(14-6-7-14)16(10-20-21)18(23)19-9-13-4-3-5-15(22)8-13/h10,12-15,22H,3-9,11H2,1-2H3,(H,19,23). The van der Waals surface area contributed by atoms with Crippen molar-refractivity contribution in [2.24, 2.45) is 11.8 Å². The number of aromatic nitrogens is 2. The van der Waals surface area contributed by atoms with Crippen LogP contribution in [0.15, 0.2) is 6.20 Å². The third kappa shape index (κ3) is 4.14. The van der Waals surface area contributed by atoms with E-state index in [0.29, 0.717) is 24.3 Å². The topological polar surface area (TPSA) is 67.2 Å². The van der Waals surface area contributed by atoms with Crippen LogP contribution in [0.1, 0.15) is 74.3 Å².